The summed E-state index contributed by atoms with van der Waals surface area (Å²) in [6.07, 6.45) is 0.785. The van der Waals surface area contributed by atoms with Gasteiger partial charge in [0.1, 0.15) is 11.4 Å². The SMILES string of the molecule is CC1(C)C2OCCC2C1(N)C(=O)Nc1cccc(F)n1. The number of nitrogens with two attached hydrogens (primary N) is 1. The van der Waals surface area contributed by atoms with E-state index in [0.717, 1.165) is 6.42 Å². The number of amides is 1. The van der Waals surface area contributed by atoms with E-state index in [9.17, 15) is 9.18 Å². The Hall–Kier alpha value is -1.53. The van der Waals surface area contributed by atoms with Gasteiger partial charge >= 0.3 is 0 Å². The van der Waals surface area contributed by atoms with Crippen molar-refractivity contribution in [2.24, 2.45) is 17.1 Å². The first-order chi connectivity index (χ1) is 9.37. The van der Waals surface area contributed by atoms with Crippen LogP contribution in [0, 0.1) is 17.3 Å². The molecule has 3 atom stereocenters. The van der Waals surface area contributed by atoms with E-state index in [-0.39, 0.29) is 23.7 Å². The molecule has 1 saturated heterocycles. The van der Waals surface area contributed by atoms with Gasteiger partial charge in [0.15, 0.2) is 0 Å². The van der Waals surface area contributed by atoms with Crippen molar-refractivity contribution in [1.29, 1.82) is 0 Å². The minimum absolute atomic E-state index is 0.00561. The number of halogens is 1. The third-order valence-electron chi connectivity index (χ3n) is 4.79. The fraction of sp³-hybridized carbons (Fsp3) is 0.571. The molecule has 1 aromatic heterocycles. The molecule has 5 nitrogen and oxygen atoms in total. The van der Waals surface area contributed by atoms with Gasteiger partial charge in [-0.05, 0) is 18.6 Å². The molecule has 2 aliphatic rings. The van der Waals surface area contributed by atoms with E-state index in [2.05, 4.69) is 10.3 Å². The molecule has 1 aliphatic heterocycles. The standard InChI is InChI=1S/C14H18FN3O2/c1-13(2)11-8(6-7-20-11)14(13,16)12(19)18-10-5-3-4-9(15)17-10/h3-5,8,11H,6-7,16H2,1-2H3,(H,17,18,19). The Kier molecular flexibility index (Phi) is 2.85. The summed E-state index contributed by atoms with van der Waals surface area (Å²) < 4.78 is 18.7. The van der Waals surface area contributed by atoms with Crippen LogP contribution in [-0.2, 0) is 9.53 Å². The Balaban J connectivity index is 1.83. The molecule has 0 bridgehead atoms. The first-order valence-corrected chi connectivity index (χ1v) is 6.72. The summed E-state index contributed by atoms with van der Waals surface area (Å²) in [5, 5.41) is 2.62. The fourth-order valence-corrected chi connectivity index (χ4v) is 3.54. The van der Waals surface area contributed by atoms with Crippen molar-refractivity contribution in [3.63, 3.8) is 0 Å². The lowest BCUT2D eigenvalue weighted by Crippen LogP contribution is -2.79. The normalized spacial score (nSPS) is 34.2. The molecule has 1 aliphatic carbocycles. The molecule has 3 N–H and O–H groups in total. The molecule has 0 aromatic carbocycles. The summed E-state index contributed by atoms with van der Waals surface area (Å²) in [4.78, 5) is 16.2. The van der Waals surface area contributed by atoms with E-state index in [1.54, 1.807) is 6.07 Å². The Morgan fingerprint density at radius 3 is 3.00 bits per heavy atom. The summed E-state index contributed by atoms with van der Waals surface area (Å²) in [7, 11) is 0. The number of nitrogens with zero attached hydrogens (tertiary/aromatic N) is 1. The maximum Gasteiger partial charge on any atom is 0.246 e. The molecular weight excluding hydrogens is 261 g/mol. The number of nitrogens with one attached hydrogen (secondary N) is 1. The Labute approximate surface area is 116 Å². The second-order valence-corrected chi connectivity index (χ2v) is 6.08. The number of hydrogen-bond acceptors (Lipinski definition) is 4. The monoisotopic (exact) mass is 279 g/mol. The quantitative estimate of drug-likeness (QED) is 0.800. The van der Waals surface area contributed by atoms with Crippen LogP contribution in [0.3, 0.4) is 0 Å². The van der Waals surface area contributed by atoms with Crippen LogP contribution in [0.4, 0.5) is 10.2 Å². The van der Waals surface area contributed by atoms with Gasteiger partial charge < -0.3 is 15.8 Å². The summed E-state index contributed by atoms with van der Waals surface area (Å²) in [5.41, 5.74) is 4.92. The lowest BCUT2D eigenvalue weighted by Gasteiger charge is -2.60. The number of pyridine rings is 1. The third kappa shape index (κ3) is 1.61. The molecule has 0 spiro atoms. The molecule has 1 amide bonds. The van der Waals surface area contributed by atoms with Gasteiger partial charge in [-0.3, -0.25) is 4.79 Å². The van der Waals surface area contributed by atoms with Gasteiger partial charge in [-0.15, -0.1) is 0 Å². The number of aromatic nitrogens is 1. The van der Waals surface area contributed by atoms with E-state index in [0.29, 0.717) is 6.61 Å². The summed E-state index contributed by atoms with van der Waals surface area (Å²) in [5.74, 6) is -0.778. The average molecular weight is 279 g/mol. The maximum atomic E-state index is 13.1. The topological polar surface area (TPSA) is 77.2 Å². The molecule has 1 saturated carbocycles. The lowest BCUT2D eigenvalue weighted by atomic mass is 9.48. The van der Waals surface area contributed by atoms with Crippen LogP contribution in [0.2, 0.25) is 0 Å². The molecule has 0 radical (unpaired) electrons. The van der Waals surface area contributed by atoms with Crippen molar-refractivity contribution in [2.75, 3.05) is 11.9 Å². The first-order valence-electron chi connectivity index (χ1n) is 6.72. The van der Waals surface area contributed by atoms with Crippen LogP contribution in [0.1, 0.15) is 20.3 Å². The Bertz CT molecular complexity index is 563. The van der Waals surface area contributed by atoms with Gasteiger partial charge in [-0.2, -0.15) is 4.39 Å². The number of anilines is 1. The maximum absolute atomic E-state index is 13.1. The van der Waals surface area contributed by atoms with Crippen LogP contribution < -0.4 is 11.1 Å². The number of hydrogen-bond donors (Lipinski definition) is 2. The van der Waals surface area contributed by atoms with Gasteiger partial charge in [0.05, 0.1) is 6.10 Å². The van der Waals surface area contributed by atoms with Gasteiger partial charge in [0.25, 0.3) is 0 Å². The van der Waals surface area contributed by atoms with Crippen LogP contribution in [0.15, 0.2) is 18.2 Å². The number of ether oxygens (including phenoxy) is 1. The van der Waals surface area contributed by atoms with Gasteiger partial charge in [-0.1, -0.05) is 19.9 Å². The number of carbonyl (C=O) groups excluding carboxylic acids is 1. The van der Waals surface area contributed by atoms with Crippen molar-refractivity contribution >= 4 is 11.7 Å². The molecule has 2 fully saturated rings. The van der Waals surface area contributed by atoms with Crippen molar-refractivity contribution in [3.05, 3.63) is 24.1 Å². The zero-order chi connectivity index (χ0) is 14.5. The predicted octanol–water partition coefficient (Wildman–Crippen LogP) is 1.30. The summed E-state index contributed by atoms with van der Waals surface area (Å²) in [6, 6.07) is 4.26. The highest BCUT2D eigenvalue weighted by atomic mass is 19.1. The highest BCUT2D eigenvalue weighted by Gasteiger charge is 2.71. The van der Waals surface area contributed by atoms with Crippen LogP contribution in [-0.4, -0.2) is 29.1 Å². The second kappa shape index (κ2) is 4.23. The second-order valence-electron chi connectivity index (χ2n) is 6.08. The Morgan fingerprint density at radius 2 is 2.30 bits per heavy atom. The first kappa shape index (κ1) is 13.5. The largest absolute Gasteiger partial charge is 0.377 e. The van der Waals surface area contributed by atoms with Crippen molar-refractivity contribution in [1.82, 2.24) is 4.98 Å². The third-order valence-corrected chi connectivity index (χ3v) is 4.79. The fourth-order valence-electron chi connectivity index (χ4n) is 3.54. The van der Waals surface area contributed by atoms with Crippen molar-refractivity contribution in [3.8, 4) is 0 Å². The van der Waals surface area contributed by atoms with E-state index in [1.165, 1.54) is 12.1 Å². The molecule has 2 heterocycles. The molecular formula is C14H18FN3O2. The van der Waals surface area contributed by atoms with E-state index < -0.39 is 16.9 Å². The van der Waals surface area contributed by atoms with Gasteiger partial charge in [0, 0.05) is 17.9 Å². The Morgan fingerprint density at radius 1 is 1.55 bits per heavy atom. The molecule has 3 unspecified atom stereocenters. The average Bonchev–Trinajstić information content (AvgIpc) is 2.85. The predicted molar refractivity (Wildman–Crippen MR) is 71.4 cm³/mol. The minimum atomic E-state index is -1.01. The van der Waals surface area contributed by atoms with E-state index in [4.69, 9.17) is 10.5 Å². The summed E-state index contributed by atoms with van der Waals surface area (Å²) in [6.45, 7) is 4.49. The highest BCUT2D eigenvalue weighted by Crippen LogP contribution is 2.58. The number of carbonyl (C=O) groups is 1. The van der Waals surface area contributed by atoms with Crippen LogP contribution in [0.25, 0.3) is 0 Å². The summed E-state index contributed by atoms with van der Waals surface area (Å²) >= 11 is 0. The number of fused-ring (bicyclic) bond motifs is 1. The van der Waals surface area contributed by atoms with E-state index >= 15 is 0 Å². The molecule has 1 aromatic rings. The molecule has 108 valence electrons. The van der Waals surface area contributed by atoms with Crippen molar-refractivity contribution in [2.45, 2.75) is 31.9 Å². The van der Waals surface area contributed by atoms with Crippen LogP contribution in [0.5, 0.6) is 0 Å². The van der Waals surface area contributed by atoms with Crippen LogP contribution >= 0.6 is 0 Å². The van der Waals surface area contributed by atoms with Crippen molar-refractivity contribution < 1.29 is 13.9 Å². The highest BCUT2D eigenvalue weighted by molar-refractivity contribution is 5.99. The molecule has 3 rings (SSSR count). The van der Waals surface area contributed by atoms with Gasteiger partial charge in [-0.25, -0.2) is 4.98 Å². The van der Waals surface area contributed by atoms with E-state index in [1.807, 2.05) is 13.8 Å². The van der Waals surface area contributed by atoms with Gasteiger partial charge in [0.2, 0.25) is 11.9 Å². The number of rotatable bonds is 2. The lowest BCUT2D eigenvalue weighted by molar-refractivity contribution is -0.170. The molecule has 6 heteroatoms. The smallest absolute Gasteiger partial charge is 0.246 e. The molecule has 20 heavy (non-hydrogen) atoms. The zero-order valence-electron chi connectivity index (χ0n) is 11.5. The zero-order valence-corrected chi connectivity index (χ0v) is 11.5. The minimum Gasteiger partial charge on any atom is -0.377 e.